The number of hydrogen-bond donors (Lipinski definition) is 2. The minimum absolute atomic E-state index is 0.0945. The Hall–Kier alpha value is -2.59. The molecule has 0 radical (unpaired) electrons. The summed E-state index contributed by atoms with van der Waals surface area (Å²) in [4.78, 5) is 30.0. The van der Waals surface area contributed by atoms with Crippen LogP contribution in [0.25, 0.3) is 0 Å². The number of benzene rings is 1. The van der Waals surface area contributed by atoms with Gasteiger partial charge in [-0.05, 0) is 25.1 Å². The number of carbonyl (C=O) groups is 1. The number of ketones is 1. The number of aromatic amines is 1. The molecule has 0 aliphatic rings. The molecule has 2 rings (SSSR count). The molecule has 0 aliphatic heterocycles. The lowest BCUT2D eigenvalue weighted by Gasteiger charge is -2.06. The maximum absolute atomic E-state index is 11.6. The van der Waals surface area contributed by atoms with Gasteiger partial charge in [0.25, 0.3) is 5.56 Å². The number of rotatable bonds is 3. The van der Waals surface area contributed by atoms with E-state index in [9.17, 15) is 9.59 Å². The van der Waals surface area contributed by atoms with Gasteiger partial charge in [-0.3, -0.25) is 9.59 Å². The normalized spacial score (nSPS) is 10.0. The first-order valence-corrected chi connectivity index (χ1v) is 6.41. The molecule has 0 saturated heterocycles. The summed E-state index contributed by atoms with van der Waals surface area (Å²) < 4.78 is 0. The maximum atomic E-state index is 11.6. The van der Waals surface area contributed by atoms with Crippen LogP contribution in [-0.4, -0.2) is 15.8 Å². The first-order valence-electron chi connectivity index (χ1n) is 5.59. The molecule has 3 N–H and O–H groups in total. The lowest BCUT2D eigenvalue weighted by molar-refractivity contribution is 0.101. The van der Waals surface area contributed by atoms with Gasteiger partial charge in [-0.1, -0.05) is 11.8 Å². The van der Waals surface area contributed by atoms with Crippen LogP contribution in [0.5, 0.6) is 0 Å². The van der Waals surface area contributed by atoms with E-state index in [1.165, 1.54) is 13.0 Å². The van der Waals surface area contributed by atoms with Crippen LogP contribution < -0.4 is 11.3 Å². The van der Waals surface area contributed by atoms with Crippen molar-refractivity contribution in [2.75, 3.05) is 5.73 Å². The second kappa shape index (κ2) is 5.59. The van der Waals surface area contributed by atoms with Crippen LogP contribution in [0.4, 0.5) is 5.82 Å². The third kappa shape index (κ3) is 3.05. The fourth-order valence-corrected chi connectivity index (χ4v) is 2.59. The number of nitrogens with zero attached hydrogens (tertiary/aromatic N) is 2. The Balaban J connectivity index is 2.48. The van der Waals surface area contributed by atoms with Crippen molar-refractivity contribution < 1.29 is 4.79 Å². The number of H-pyrrole nitrogens is 1. The van der Waals surface area contributed by atoms with Gasteiger partial charge in [0.2, 0.25) is 0 Å². The molecule has 0 bridgehead atoms. The lowest BCUT2D eigenvalue weighted by Crippen LogP contribution is -2.09. The number of nitrogens with two attached hydrogens (primary N) is 1. The van der Waals surface area contributed by atoms with Crippen LogP contribution in [0.2, 0.25) is 0 Å². The molecule has 100 valence electrons. The Morgan fingerprint density at radius 1 is 1.45 bits per heavy atom. The molecule has 0 fully saturated rings. The number of nitriles is 1. The van der Waals surface area contributed by atoms with Crippen molar-refractivity contribution in [2.45, 2.75) is 17.0 Å². The van der Waals surface area contributed by atoms with E-state index in [1.807, 2.05) is 6.07 Å². The minimum atomic E-state index is -0.374. The van der Waals surface area contributed by atoms with Gasteiger partial charge in [-0.25, -0.2) is 4.98 Å². The highest BCUT2D eigenvalue weighted by molar-refractivity contribution is 7.99. The fraction of sp³-hybridized carbons (Fsp3) is 0.0769. The monoisotopic (exact) mass is 286 g/mol. The van der Waals surface area contributed by atoms with Gasteiger partial charge in [-0.15, -0.1) is 0 Å². The van der Waals surface area contributed by atoms with E-state index in [0.717, 1.165) is 11.8 Å². The van der Waals surface area contributed by atoms with Crippen LogP contribution >= 0.6 is 11.8 Å². The van der Waals surface area contributed by atoms with Crippen LogP contribution in [0.1, 0.15) is 22.8 Å². The number of carbonyl (C=O) groups excluding carboxylic acids is 1. The maximum Gasteiger partial charge on any atom is 0.253 e. The zero-order valence-electron chi connectivity index (χ0n) is 10.5. The number of Topliss-reactive ketones (excluding diaryl/α,β-unsaturated/α-hetero) is 1. The highest BCUT2D eigenvalue weighted by Crippen LogP contribution is 2.29. The molecule has 0 amide bonds. The highest BCUT2D eigenvalue weighted by atomic mass is 32.2. The van der Waals surface area contributed by atoms with Gasteiger partial charge in [0, 0.05) is 16.5 Å². The number of anilines is 1. The van der Waals surface area contributed by atoms with Crippen molar-refractivity contribution in [3.8, 4) is 6.07 Å². The van der Waals surface area contributed by atoms with Crippen molar-refractivity contribution in [3.05, 3.63) is 45.7 Å². The zero-order valence-corrected chi connectivity index (χ0v) is 11.3. The van der Waals surface area contributed by atoms with Crippen molar-refractivity contribution in [2.24, 2.45) is 0 Å². The third-order valence-corrected chi connectivity index (χ3v) is 3.38. The molecule has 1 aromatic carbocycles. The molecule has 1 heterocycles. The Bertz CT molecular complexity index is 777. The second-order valence-electron chi connectivity index (χ2n) is 3.96. The quantitative estimate of drug-likeness (QED) is 0.654. The molecular weight excluding hydrogens is 276 g/mol. The van der Waals surface area contributed by atoms with Gasteiger partial charge in [-0.2, -0.15) is 5.26 Å². The fourth-order valence-electron chi connectivity index (χ4n) is 1.57. The summed E-state index contributed by atoms with van der Waals surface area (Å²) in [6.07, 6.45) is 0. The average molecular weight is 286 g/mol. The molecule has 0 saturated carbocycles. The van der Waals surface area contributed by atoms with Crippen molar-refractivity contribution in [1.29, 1.82) is 5.26 Å². The number of nitrogens with one attached hydrogen (secondary N) is 1. The molecule has 0 aliphatic carbocycles. The number of hydrogen-bond acceptors (Lipinski definition) is 6. The second-order valence-corrected chi connectivity index (χ2v) is 4.99. The molecule has 6 nitrogen and oxygen atoms in total. The molecule has 0 spiro atoms. The molecular formula is C13H10N4O2S. The Labute approximate surface area is 118 Å². The molecule has 7 heteroatoms. The number of aromatic nitrogens is 2. The average Bonchev–Trinajstić information content (AvgIpc) is 2.37. The van der Waals surface area contributed by atoms with E-state index in [2.05, 4.69) is 9.97 Å². The predicted molar refractivity (Wildman–Crippen MR) is 74.6 cm³/mol. The van der Waals surface area contributed by atoms with Gasteiger partial charge in [0.05, 0.1) is 11.6 Å². The minimum Gasteiger partial charge on any atom is -0.383 e. The smallest absolute Gasteiger partial charge is 0.253 e. The van der Waals surface area contributed by atoms with Crippen LogP contribution in [-0.2, 0) is 0 Å². The van der Waals surface area contributed by atoms with Crippen LogP contribution in [0.3, 0.4) is 0 Å². The molecule has 0 atom stereocenters. The van der Waals surface area contributed by atoms with Gasteiger partial charge in [0.1, 0.15) is 5.82 Å². The van der Waals surface area contributed by atoms with E-state index < -0.39 is 0 Å². The van der Waals surface area contributed by atoms with Crippen LogP contribution in [0, 0.1) is 11.3 Å². The summed E-state index contributed by atoms with van der Waals surface area (Å²) in [6.45, 7) is 1.43. The number of nitrogen functional groups attached to an aromatic ring is 1. The summed E-state index contributed by atoms with van der Waals surface area (Å²) in [7, 11) is 0. The van der Waals surface area contributed by atoms with Gasteiger partial charge in [0.15, 0.2) is 10.9 Å². The Kier molecular flexibility index (Phi) is 3.86. The summed E-state index contributed by atoms with van der Waals surface area (Å²) >= 11 is 1.08. The van der Waals surface area contributed by atoms with Crippen molar-refractivity contribution in [3.63, 3.8) is 0 Å². The van der Waals surface area contributed by atoms with Gasteiger partial charge < -0.3 is 10.7 Å². The van der Waals surface area contributed by atoms with E-state index >= 15 is 0 Å². The molecule has 0 unspecified atom stereocenters. The first kappa shape index (κ1) is 13.8. The summed E-state index contributed by atoms with van der Waals surface area (Å²) in [5.74, 6) is -0.0414. The molecule has 2 aromatic rings. The Morgan fingerprint density at radius 3 is 2.80 bits per heavy atom. The first-order chi connectivity index (χ1) is 9.49. The zero-order chi connectivity index (χ0) is 14.7. The summed E-state index contributed by atoms with van der Waals surface area (Å²) in [5, 5.41) is 9.18. The predicted octanol–water partition coefficient (Wildman–Crippen LogP) is 1.58. The topological polar surface area (TPSA) is 113 Å². The molecule has 20 heavy (non-hydrogen) atoms. The van der Waals surface area contributed by atoms with E-state index in [0.29, 0.717) is 16.0 Å². The van der Waals surface area contributed by atoms with Gasteiger partial charge >= 0.3 is 0 Å². The van der Waals surface area contributed by atoms with Crippen LogP contribution in [0.15, 0.2) is 39.1 Å². The third-order valence-electron chi connectivity index (χ3n) is 2.44. The van der Waals surface area contributed by atoms with E-state index in [4.69, 9.17) is 11.0 Å². The van der Waals surface area contributed by atoms with Crippen molar-refractivity contribution in [1.82, 2.24) is 9.97 Å². The lowest BCUT2D eigenvalue weighted by atomic mass is 10.1. The largest absolute Gasteiger partial charge is 0.383 e. The van der Waals surface area contributed by atoms with E-state index in [1.54, 1.807) is 18.2 Å². The Morgan fingerprint density at radius 2 is 2.20 bits per heavy atom. The standard InChI is InChI=1S/C13H10N4O2S/c1-7(18)9-3-2-8(6-14)4-10(9)20-13-16-11(15)5-12(19)17-13/h2-5H,1H3,(H3,15,16,17,19). The van der Waals surface area contributed by atoms with Crippen molar-refractivity contribution >= 4 is 23.4 Å². The van der Waals surface area contributed by atoms with E-state index in [-0.39, 0.29) is 22.3 Å². The molecule has 1 aromatic heterocycles. The highest BCUT2D eigenvalue weighted by Gasteiger charge is 2.11. The summed E-state index contributed by atoms with van der Waals surface area (Å²) in [6, 6.07) is 7.89. The SMILES string of the molecule is CC(=O)c1ccc(C#N)cc1Sc1nc(N)cc(=O)[nH]1. The summed E-state index contributed by atoms with van der Waals surface area (Å²) in [5.41, 5.74) is 6.01.